The average Bonchev–Trinajstić information content (AvgIpc) is 2.63. The molecule has 30 heavy (non-hydrogen) atoms. The summed E-state index contributed by atoms with van der Waals surface area (Å²) in [5.74, 6) is -0.568. The highest BCUT2D eigenvalue weighted by atomic mass is 16.6. The van der Waals surface area contributed by atoms with E-state index in [2.05, 4.69) is 6.07 Å². The summed E-state index contributed by atoms with van der Waals surface area (Å²) in [5.41, 5.74) is -0.579. The summed E-state index contributed by atoms with van der Waals surface area (Å²) in [6.45, 7) is 13.0. The van der Waals surface area contributed by atoms with E-state index in [-0.39, 0.29) is 18.4 Å². The molecule has 0 aliphatic heterocycles. The molecule has 3 atom stereocenters. The summed E-state index contributed by atoms with van der Waals surface area (Å²) >= 11 is 0. The number of carbonyl (C=O) groups excluding carboxylic acids is 2. The molecule has 0 aromatic heterocycles. The molecule has 0 unspecified atom stereocenters. The fraction of sp³-hybridized carbons (Fsp3) is 0.520. The van der Waals surface area contributed by atoms with Crippen LogP contribution in [-0.2, 0) is 19.1 Å². The van der Waals surface area contributed by atoms with Crippen LogP contribution in [0.5, 0.6) is 5.75 Å². The summed E-state index contributed by atoms with van der Waals surface area (Å²) in [5, 5.41) is 2.23. The Hall–Kier alpha value is -2.56. The molecule has 0 radical (unpaired) electrons. The first-order valence-electron chi connectivity index (χ1n) is 10.5. The van der Waals surface area contributed by atoms with Crippen molar-refractivity contribution in [3.8, 4) is 5.75 Å². The van der Waals surface area contributed by atoms with Crippen LogP contribution in [0.3, 0.4) is 0 Å². The Labute approximate surface area is 179 Å². The van der Waals surface area contributed by atoms with Crippen LogP contribution < -0.4 is 4.74 Å². The molecule has 0 saturated carbocycles. The second-order valence-electron chi connectivity index (χ2n) is 9.17. The van der Waals surface area contributed by atoms with Crippen molar-refractivity contribution in [1.29, 1.82) is 0 Å². The fourth-order valence-corrected chi connectivity index (χ4v) is 3.25. The Bertz CT molecular complexity index is 865. The highest BCUT2D eigenvalue weighted by Gasteiger charge is 2.29. The van der Waals surface area contributed by atoms with Gasteiger partial charge in [0, 0.05) is 0 Å². The maximum absolute atomic E-state index is 12.5. The van der Waals surface area contributed by atoms with Crippen molar-refractivity contribution in [2.45, 2.75) is 72.7 Å². The zero-order valence-electron chi connectivity index (χ0n) is 19.1. The van der Waals surface area contributed by atoms with E-state index in [0.717, 1.165) is 16.5 Å². The average molecular weight is 415 g/mol. The van der Waals surface area contributed by atoms with Crippen LogP contribution >= 0.6 is 0 Å². The normalized spacial score (nSPS) is 14.8. The molecule has 5 nitrogen and oxygen atoms in total. The quantitative estimate of drug-likeness (QED) is 0.531. The first-order chi connectivity index (χ1) is 14.0. The minimum Gasteiger partial charge on any atom is -0.486 e. The number of fused-ring (bicyclic) bond motifs is 1. The van der Waals surface area contributed by atoms with Gasteiger partial charge < -0.3 is 14.2 Å². The molecule has 5 heteroatoms. The predicted molar refractivity (Wildman–Crippen MR) is 118 cm³/mol. The molecule has 0 amide bonds. The molecule has 0 bridgehead atoms. The number of rotatable bonds is 8. The van der Waals surface area contributed by atoms with E-state index < -0.39 is 29.6 Å². The number of ether oxygens (including phenoxy) is 3. The molecule has 0 aliphatic rings. The second-order valence-corrected chi connectivity index (χ2v) is 9.17. The van der Waals surface area contributed by atoms with Gasteiger partial charge in [-0.15, -0.1) is 0 Å². The Kier molecular flexibility index (Phi) is 7.88. The second kappa shape index (κ2) is 9.96. The minimum atomic E-state index is -0.587. The molecule has 0 aliphatic carbocycles. The van der Waals surface area contributed by atoms with Gasteiger partial charge >= 0.3 is 11.9 Å². The summed E-state index contributed by atoms with van der Waals surface area (Å²) in [4.78, 5) is 24.5. The summed E-state index contributed by atoms with van der Waals surface area (Å²) in [6.07, 6.45) is -0.797. The smallest absolute Gasteiger partial charge is 0.309 e. The van der Waals surface area contributed by atoms with Crippen LogP contribution in [0.1, 0.15) is 54.9 Å². The third-order valence-corrected chi connectivity index (χ3v) is 4.71. The van der Waals surface area contributed by atoms with Gasteiger partial charge in [-0.25, -0.2) is 0 Å². The van der Waals surface area contributed by atoms with Crippen molar-refractivity contribution >= 4 is 22.7 Å². The van der Waals surface area contributed by atoms with Crippen molar-refractivity contribution in [2.75, 3.05) is 0 Å². The lowest BCUT2D eigenvalue weighted by molar-refractivity contribution is -0.165. The molecule has 2 aromatic rings. The van der Waals surface area contributed by atoms with Crippen molar-refractivity contribution in [3.63, 3.8) is 0 Å². The van der Waals surface area contributed by atoms with E-state index in [4.69, 9.17) is 14.2 Å². The molecule has 164 valence electrons. The zero-order chi connectivity index (χ0) is 22.5. The molecular formula is C25H34O5. The summed E-state index contributed by atoms with van der Waals surface area (Å²) < 4.78 is 17.2. The van der Waals surface area contributed by atoms with Gasteiger partial charge in [0.25, 0.3) is 0 Å². The van der Waals surface area contributed by atoms with Crippen LogP contribution in [0.25, 0.3) is 10.8 Å². The Balaban J connectivity index is 2.01. The van der Waals surface area contributed by atoms with Crippen molar-refractivity contribution in [1.82, 2.24) is 0 Å². The molecule has 0 heterocycles. The monoisotopic (exact) mass is 414 g/mol. The van der Waals surface area contributed by atoms with Gasteiger partial charge in [-0.05, 0) is 56.5 Å². The Morgan fingerprint density at radius 3 is 2.17 bits per heavy atom. The zero-order valence-corrected chi connectivity index (χ0v) is 19.1. The lowest BCUT2D eigenvalue weighted by atomic mass is 10.0. The van der Waals surface area contributed by atoms with E-state index in [1.807, 2.05) is 57.2 Å². The van der Waals surface area contributed by atoms with Gasteiger partial charge in [-0.3, -0.25) is 9.59 Å². The minimum absolute atomic E-state index is 0.0132. The van der Waals surface area contributed by atoms with Crippen LogP contribution in [0.15, 0.2) is 42.5 Å². The van der Waals surface area contributed by atoms with Crippen molar-refractivity contribution in [2.24, 2.45) is 11.8 Å². The van der Waals surface area contributed by atoms with Crippen molar-refractivity contribution < 1.29 is 23.8 Å². The van der Waals surface area contributed by atoms with Crippen molar-refractivity contribution in [3.05, 3.63) is 42.5 Å². The third kappa shape index (κ3) is 7.05. The standard InChI is InChI=1S/C25H34O5/c1-16(2)23(29-21-13-12-19-10-8-9-11-20(19)15-21)18(4)28-24(27)17(3)14-22(26)30-25(5,6)7/h8-13,15-18,23H,14H2,1-7H3/t17-,18+,23-/m1/s1. The van der Waals surface area contributed by atoms with E-state index in [9.17, 15) is 9.59 Å². The van der Waals surface area contributed by atoms with Crippen LogP contribution in [0.4, 0.5) is 0 Å². The molecule has 0 spiro atoms. The van der Waals surface area contributed by atoms with Gasteiger partial charge in [0.15, 0.2) is 0 Å². The maximum atomic E-state index is 12.5. The van der Waals surface area contributed by atoms with Crippen LogP contribution in [0, 0.1) is 11.8 Å². The number of carbonyl (C=O) groups is 2. The highest BCUT2D eigenvalue weighted by Crippen LogP contribution is 2.25. The van der Waals surface area contributed by atoms with E-state index >= 15 is 0 Å². The largest absolute Gasteiger partial charge is 0.486 e. The lowest BCUT2D eigenvalue weighted by Crippen LogP contribution is -2.39. The van der Waals surface area contributed by atoms with Gasteiger partial charge in [0.1, 0.15) is 23.6 Å². The van der Waals surface area contributed by atoms with Crippen LogP contribution in [0.2, 0.25) is 0 Å². The Morgan fingerprint density at radius 2 is 1.57 bits per heavy atom. The highest BCUT2D eigenvalue weighted by molar-refractivity contribution is 5.83. The summed E-state index contributed by atoms with van der Waals surface area (Å²) in [6, 6.07) is 14.0. The molecule has 0 N–H and O–H groups in total. The first kappa shape index (κ1) is 23.7. The molecule has 2 aromatic carbocycles. The van der Waals surface area contributed by atoms with Crippen LogP contribution in [-0.4, -0.2) is 29.7 Å². The predicted octanol–water partition coefficient (Wildman–Crippen LogP) is 5.54. The number of hydrogen-bond acceptors (Lipinski definition) is 5. The topological polar surface area (TPSA) is 61.8 Å². The maximum Gasteiger partial charge on any atom is 0.309 e. The van der Waals surface area contributed by atoms with Gasteiger partial charge in [-0.1, -0.05) is 51.1 Å². The molecule has 2 rings (SSSR count). The molecule has 0 saturated heterocycles. The fourth-order valence-electron chi connectivity index (χ4n) is 3.25. The first-order valence-corrected chi connectivity index (χ1v) is 10.5. The van der Waals surface area contributed by atoms with Gasteiger partial charge in [0.05, 0.1) is 12.3 Å². The summed E-state index contributed by atoms with van der Waals surface area (Å²) in [7, 11) is 0. The SMILES string of the molecule is CC(C)[C@@H](Oc1ccc2ccccc2c1)[C@H](C)OC(=O)[C@H](C)CC(=O)OC(C)(C)C. The molecular weight excluding hydrogens is 380 g/mol. The van der Waals surface area contributed by atoms with E-state index in [0.29, 0.717) is 0 Å². The van der Waals surface area contributed by atoms with Gasteiger partial charge in [-0.2, -0.15) is 0 Å². The molecule has 0 fully saturated rings. The lowest BCUT2D eigenvalue weighted by Gasteiger charge is -2.29. The number of hydrogen-bond donors (Lipinski definition) is 0. The third-order valence-electron chi connectivity index (χ3n) is 4.71. The Morgan fingerprint density at radius 1 is 0.933 bits per heavy atom. The van der Waals surface area contributed by atoms with Gasteiger partial charge in [0.2, 0.25) is 0 Å². The van der Waals surface area contributed by atoms with E-state index in [1.54, 1.807) is 27.7 Å². The number of esters is 2. The number of benzene rings is 2. The van der Waals surface area contributed by atoms with E-state index in [1.165, 1.54) is 0 Å².